The second-order valence-electron chi connectivity index (χ2n) is 6.00. The van der Waals surface area contributed by atoms with Gasteiger partial charge in [0.2, 0.25) is 0 Å². The molecule has 2 aromatic heterocycles. The van der Waals surface area contributed by atoms with Crippen LogP contribution in [-0.2, 0) is 9.53 Å². The van der Waals surface area contributed by atoms with E-state index in [2.05, 4.69) is 20.1 Å². The molecule has 4 rings (SSSR count). The minimum absolute atomic E-state index is 0.0585. The molecule has 1 aromatic carbocycles. The molecule has 1 amide bonds. The van der Waals surface area contributed by atoms with Crippen molar-refractivity contribution in [2.24, 2.45) is 0 Å². The van der Waals surface area contributed by atoms with Crippen LogP contribution in [0.25, 0.3) is 16.4 Å². The van der Waals surface area contributed by atoms with Crippen molar-refractivity contribution in [2.45, 2.75) is 18.8 Å². The van der Waals surface area contributed by atoms with Crippen LogP contribution < -0.4 is 5.32 Å². The van der Waals surface area contributed by atoms with Crippen LogP contribution in [0.5, 0.6) is 5.75 Å². The van der Waals surface area contributed by atoms with E-state index in [1.807, 2.05) is 12.1 Å². The van der Waals surface area contributed by atoms with Crippen LogP contribution in [-0.4, -0.2) is 45.2 Å². The van der Waals surface area contributed by atoms with Gasteiger partial charge in [0.25, 0.3) is 5.91 Å². The van der Waals surface area contributed by atoms with Gasteiger partial charge in [0.1, 0.15) is 12.9 Å². The Morgan fingerprint density at radius 1 is 1.40 bits per heavy atom. The number of ether oxygens (including phenoxy) is 1. The Morgan fingerprint density at radius 2 is 2.20 bits per heavy atom. The van der Waals surface area contributed by atoms with Gasteiger partial charge in [-0.1, -0.05) is 18.2 Å². The summed E-state index contributed by atoms with van der Waals surface area (Å²) >= 11 is 0. The molecule has 0 radical (unpaired) electrons. The monoisotopic (exact) mass is 340 g/mol. The molecule has 128 valence electrons. The molecule has 3 aromatic rings. The fourth-order valence-corrected chi connectivity index (χ4v) is 3.07. The number of carbonyl (C=O) groups excluding carboxylic acids is 2. The van der Waals surface area contributed by atoms with Crippen molar-refractivity contribution in [2.75, 3.05) is 13.7 Å². The Kier molecular flexibility index (Phi) is 3.52. The molecular weight excluding hydrogens is 324 g/mol. The summed E-state index contributed by atoms with van der Waals surface area (Å²) < 4.78 is 5.82. The molecule has 1 saturated carbocycles. The molecule has 2 N–H and O–H groups in total. The molecule has 1 fully saturated rings. The number of benzene rings is 1. The van der Waals surface area contributed by atoms with Gasteiger partial charge >= 0.3 is 5.97 Å². The van der Waals surface area contributed by atoms with E-state index in [4.69, 9.17) is 0 Å². The highest BCUT2D eigenvalue weighted by Gasteiger charge is 2.29. The normalized spacial score (nSPS) is 14.0. The topological polar surface area (TPSA) is 106 Å². The van der Waals surface area contributed by atoms with Crippen molar-refractivity contribution in [3.05, 3.63) is 35.8 Å². The molecule has 0 spiro atoms. The minimum atomic E-state index is -0.628. The van der Waals surface area contributed by atoms with E-state index < -0.39 is 11.9 Å². The Balaban J connectivity index is 1.90. The average Bonchev–Trinajstić information content (AvgIpc) is 3.36. The summed E-state index contributed by atoms with van der Waals surface area (Å²) in [7, 11) is 1.23. The van der Waals surface area contributed by atoms with Gasteiger partial charge in [-0.3, -0.25) is 9.59 Å². The van der Waals surface area contributed by atoms with E-state index in [9.17, 15) is 14.7 Å². The molecule has 8 nitrogen and oxygen atoms in total. The summed E-state index contributed by atoms with van der Waals surface area (Å²) in [5.74, 6) is -0.947. The maximum Gasteiger partial charge on any atom is 0.325 e. The first-order chi connectivity index (χ1) is 12.1. The van der Waals surface area contributed by atoms with Crippen molar-refractivity contribution in [3.8, 4) is 5.75 Å². The lowest BCUT2D eigenvalue weighted by Crippen LogP contribution is -2.31. The van der Waals surface area contributed by atoms with Crippen molar-refractivity contribution < 1.29 is 19.4 Å². The van der Waals surface area contributed by atoms with Gasteiger partial charge in [0.05, 0.1) is 7.11 Å². The van der Waals surface area contributed by atoms with Gasteiger partial charge in [-0.05, 0) is 24.3 Å². The third-order valence-electron chi connectivity index (χ3n) is 4.41. The first-order valence-electron chi connectivity index (χ1n) is 7.94. The number of hydrogen-bond donors (Lipinski definition) is 2. The first-order valence-corrected chi connectivity index (χ1v) is 7.94. The van der Waals surface area contributed by atoms with Gasteiger partial charge < -0.3 is 15.2 Å². The van der Waals surface area contributed by atoms with E-state index in [-0.39, 0.29) is 18.0 Å². The highest BCUT2D eigenvalue weighted by Crippen LogP contribution is 2.45. The Morgan fingerprint density at radius 3 is 2.92 bits per heavy atom. The van der Waals surface area contributed by atoms with E-state index in [0.717, 1.165) is 23.8 Å². The molecular formula is C17H16N4O4. The number of fused-ring (bicyclic) bond motifs is 3. The lowest BCUT2D eigenvalue weighted by molar-refractivity contribution is -0.139. The number of aromatic nitrogens is 3. The van der Waals surface area contributed by atoms with Crippen LogP contribution >= 0.6 is 0 Å². The van der Waals surface area contributed by atoms with Gasteiger partial charge in [-0.2, -0.15) is 5.10 Å². The molecule has 0 saturated heterocycles. The van der Waals surface area contributed by atoms with Crippen LogP contribution in [0.4, 0.5) is 0 Å². The SMILES string of the molecule is COC(=O)CNC(=O)c1c(O)c2cccc(C3CC3)c2c2ncnn12. The molecule has 2 heterocycles. The largest absolute Gasteiger partial charge is 0.505 e. The molecule has 1 aliphatic carbocycles. The standard InChI is InChI=1S/C17H16N4O4/c1-25-12(22)7-18-17(24)14-15(23)11-4-2-3-10(9-5-6-9)13(11)16-19-8-20-21(14)16/h2-4,8-9,23H,5-7H2,1H3,(H,18,24). The van der Waals surface area contributed by atoms with Crippen LogP contribution in [0.1, 0.15) is 34.8 Å². The van der Waals surface area contributed by atoms with Gasteiger partial charge in [-0.25, -0.2) is 9.50 Å². The molecule has 0 atom stereocenters. The van der Waals surface area contributed by atoms with E-state index in [1.54, 1.807) is 6.07 Å². The number of esters is 1. The number of carbonyl (C=O) groups is 2. The zero-order valence-corrected chi connectivity index (χ0v) is 13.5. The summed E-state index contributed by atoms with van der Waals surface area (Å²) in [6, 6.07) is 5.63. The highest BCUT2D eigenvalue weighted by atomic mass is 16.5. The van der Waals surface area contributed by atoms with Gasteiger partial charge in [-0.15, -0.1) is 0 Å². The predicted octanol–water partition coefficient (Wildman–Crippen LogP) is 1.37. The minimum Gasteiger partial charge on any atom is -0.505 e. The number of pyridine rings is 1. The summed E-state index contributed by atoms with van der Waals surface area (Å²) in [6.45, 7) is -0.300. The number of rotatable bonds is 4. The van der Waals surface area contributed by atoms with E-state index in [1.165, 1.54) is 18.0 Å². The van der Waals surface area contributed by atoms with Crippen LogP contribution in [0.3, 0.4) is 0 Å². The van der Waals surface area contributed by atoms with Gasteiger partial charge in [0, 0.05) is 10.8 Å². The summed E-state index contributed by atoms with van der Waals surface area (Å²) in [4.78, 5) is 28.0. The smallest absolute Gasteiger partial charge is 0.325 e. The third kappa shape index (κ3) is 2.46. The van der Waals surface area contributed by atoms with Crippen molar-refractivity contribution in [1.29, 1.82) is 0 Å². The maximum absolute atomic E-state index is 12.5. The Bertz CT molecular complexity index is 1010. The van der Waals surface area contributed by atoms with Crippen LogP contribution in [0.15, 0.2) is 24.5 Å². The maximum atomic E-state index is 12.5. The van der Waals surface area contributed by atoms with Crippen molar-refractivity contribution in [3.63, 3.8) is 0 Å². The van der Waals surface area contributed by atoms with Gasteiger partial charge in [0.15, 0.2) is 17.1 Å². The fraction of sp³-hybridized carbons (Fsp3) is 0.294. The van der Waals surface area contributed by atoms with Crippen LogP contribution in [0.2, 0.25) is 0 Å². The van der Waals surface area contributed by atoms with E-state index >= 15 is 0 Å². The molecule has 25 heavy (non-hydrogen) atoms. The Hall–Kier alpha value is -3.16. The first kappa shape index (κ1) is 15.4. The average molecular weight is 340 g/mol. The highest BCUT2D eigenvalue weighted by molar-refractivity contribution is 6.08. The molecule has 0 bridgehead atoms. The summed E-state index contributed by atoms with van der Waals surface area (Å²) in [6.07, 6.45) is 3.54. The zero-order chi connectivity index (χ0) is 17.6. The van der Waals surface area contributed by atoms with Crippen LogP contribution in [0, 0.1) is 0 Å². The number of methoxy groups -OCH3 is 1. The lowest BCUT2D eigenvalue weighted by atomic mass is 10.0. The second-order valence-corrected chi connectivity index (χ2v) is 6.00. The zero-order valence-electron chi connectivity index (χ0n) is 13.5. The third-order valence-corrected chi connectivity index (χ3v) is 4.41. The molecule has 0 unspecified atom stereocenters. The number of hydrogen-bond acceptors (Lipinski definition) is 6. The number of amides is 1. The number of nitrogens with zero attached hydrogens (tertiary/aromatic N) is 3. The number of nitrogens with one attached hydrogen (secondary N) is 1. The Labute approximate surface area is 142 Å². The van der Waals surface area contributed by atoms with E-state index in [0.29, 0.717) is 17.0 Å². The molecule has 0 aliphatic heterocycles. The fourth-order valence-electron chi connectivity index (χ4n) is 3.07. The second kappa shape index (κ2) is 5.73. The number of aromatic hydroxyl groups is 1. The lowest BCUT2D eigenvalue weighted by Gasteiger charge is -2.13. The quantitative estimate of drug-likeness (QED) is 0.695. The predicted molar refractivity (Wildman–Crippen MR) is 88.5 cm³/mol. The van der Waals surface area contributed by atoms with Crippen molar-refractivity contribution >= 4 is 28.3 Å². The summed E-state index contributed by atoms with van der Waals surface area (Å²) in [5, 5.41) is 18.6. The molecule has 1 aliphatic rings. The van der Waals surface area contributed by atoms with Crippen molar-refractivity contribution in [1.82, 2.24) is 19.9 Å². The molecule has 8 heteroatoms. The summed E-state index contributed by atoms with van der Waals surface area (Å²) in [5.41, 5.74) is 1.56.